The van der Waals surface area contributed by atoms with Crippen molar-refractivity contribution in [1.82, 2.24) is 0 Å². The zero-order valence-corrected chi connectivity index (χ0v) is 19.5. The molecule has 0 fully saturated rings. The fraction of sp³-hybridized carbons (Fsp3) is 0.111. The maximum atomic E-state index is 10.5. The topological polar surface area (TPSA) is 112 Å². The Labute approximate surface area is 203 Å². The third kappa shape index (κ3) is 6.75. The van der Waals surface area contributed by atoms with Crippen LogP contribution in [-0.4, -0.2) is 30.9 Å². The fourth-order valence-corrected chi connectivity index (χ4v) is 3.10. The van der Waals surface area contributed by atoms with Crippen LogP contribution >= 0.6 is 0 Å². The number of benzene rings is 3. The van der Waals surface area contributed by atoms with E-state index in [9.17, 15) is 4.79 Å². The van der Waals surface area contributed by atoms with Crippen molar-refractivity contribution < 1.29 is 9.53 Å². The highest BCUT2D eigenvalue weighted by molar-refractivity contribution is 6.18. The Balaban J connectivity index is 1.70. The lowest BCUT2D eigenvalue weighted by atomic mass is 10.1. The summed E-state index contributed by atoms with van der Waals surface area (Å²) < 4.78 is 4.93. The van der Waals surface area contributed by atoms with E-state index >= 15 is 0 Å². The van der Waals surface area contributed by atoms with Crippen molar-refractivity contribution >= 4 is 59.4 Å². The second-order valence-corrected chi connectivity index (χ2v) is 7.30. The van der Waals surface area contributed by atoms with Crippen molar-refractivity contribution in [3.05, 3.63) is 71.3 Å². The molecule has 0 saturated carbocycles. The highest BCUT2D eigenvalue weighted by Crippen LogP contribution is 2.28. The fourth-order valence-electron chi connectivity index (χ4n) is 3.10. The number of aliphatic imine (C=N–C) groups is 5. The van der Waals surface area contributed by atoms with Gasteiger partial charge < -0.3 is 4.74 Å². The second kappa shape index (κ2) is 12.3. The van der Waals surface area contributed by atoms with Gasteiger partial charge in [-0.1, -0.05) is 18.2 Å². The summed E-state index contributed by atoms with van der Waals surface area (Å²) in [4.78, 5) is 31.9. The first-order chi connectivity index (χ1) is 17.0. The van der Waals surface area contributed by atoms with Gasteiger partial charge in [-0.05, 0) is 62.7 Å². The molecule has 35 heavy (non-hydrogen) atoms. The molecule has 0 heterocycles. The van der Waals surface area contributed by atoms with Crippen LogP contribution in [0.25, 0.3) is 0 Å². The minimum Gasteiger partial charge on any atom is -0.388 e. The van der Waals surface area contributed by atoms with E-state index in [0.29, 0.717) is 22.8 Å². The van der Waals surface area contributed by atoms with Crippen LogP contribution < -0.4 is 4.74 Å². The normalized spacial score (nSPS) is 11.4. The minimum atomic E-state index is 0.473. The molecule has 0 aliphatic rings. The lowest BCUT2D eigenvalue weighted by Crippen LogP contribution is -1.86. The SMILES string of the molecule is Cc1ccc(N=CC=Nc2cccc(N=C=O)c2C)cc1N=CC=Nc1cccc(OC#N)c1C. The molecular formula is C27H22N6O2. The van der Waals surface area contributed by atoms with E-state index in [1.807, 2.05) is 51.1 Å². The highest BCUT2D eigenvalue weighted by Gasteiger charge is 2.03. The first kappa shape index (κ1) is 24.6. The summed E-state index contributed by atoms with van der Waals surface area (Å²) >= 11 is 0. The zero-order valence-electron chi connectivity index (χ0n) is 19.5. The van der Waals surface area contributed by atoms with Crippen molar-refractivity contribution in [3.63, 3.8) is 0 Å². The van der Waals surface area contributed by atoms with Crippen LogP contribution in [0.4, 0.5) is 28.4 Å². The summed E-state index contributed by atoms with van der Waals surface area (Å²) in [5, 5.41) is 8.72. The average Bonchev–Trinajstić information content (AvgIpc) is 2.85. The monoisotopic (exact) mass is 462 g/mol. The largest absolute Gasteiger partial charge is 0.388 e. The van der Waals surface area contributed by atoms with Crippen LogP contribution in [0.2, 0.25) is 0 Å². The van der Waals surface area contributed by atoms with Gasteiger partial charge in [-0.15, -0.1) is 5.26 Å². The van der Waals surface area contributed by atoms with Gasteiger partial charge in [0.05, 0.1) is 28.4 Å². The van der Waals surface area contributed by atoms with E-state index in [4.69, 9.17) is 10.00 Å². The first-order valence-electron chi connectivity index (χ1n) is 10.6. The highest BCUT2D eigenvalue weighted by atomic mass is 16.5. The van der Waals surface area contributed by atoms with Crippen molar-refractivity contribution in [2.75, 3.05) is 0 Å². The molecule has 3 aromatic rings. The third-order valence-electron chi connectivity index (χ3n) is 5.04. The maximum Gasteiger partial charge on any atom is 0.292 e. The summed E-state index contributed by atoms with van der Waals surface area (Å²) in [6.45, 7) is 5.64. The van der Waals surface area contributed by atoms with Crippen LogP contribution in [0.1, 0.15) is 16.7 Å². The molecule has 8 heteroatoms. The smallest absolute Gasteiger partial charge is 0.292 e. The van der Waals surface area contributed by atoms with Gasteiger partial charge in [-0.2, -0.15) is 4.99 Å². The quantitative estimate of drug-likeness (QED) is 0.212. The molecule has 3 rings (SSSR count). The molecule has 8 nitrogen and oxygen atoms in total. The molecule has 0 aliphatic heterocycles. The van der Waals surface area contributed by atoms with Crippen molar-refractivity contribution in [3.8, 4) is 12.0 Å². The lowest BCUT2D eigenvalue weighted by Gasteiger charge is -2.03. The van der Waals surface area contributed by atoms with E-state index in [2.05, 4.69) is 25.0 Å². The van der Waals surface area contributed by atoms with Gasteiger partial charge >= 0.3 is 0 Å². The summed E-state index contributed by atoms with van der Waals surface area (Å²) in [7, 11) is 0. The predicted molar refractivity (Wildman–Crippen MR) is 140 cm³/mol. The summed E-state index contributed by atoms with van der Waals surface area (Å²) in [6.07, 6.45) is 9.59. The van der Waals surface area contributed by atoms with E-state index in [0.717, 1.165) is 28.1 Å². The molecule has 0 unspecified atom stereocenters. The van der Waals surface area contributed by atoms with Crippen molar-refractivity contribution in [1.29, 1.82) is 5.26 Å². The lowest BCUT2D eigenvalue weighted by molar-refractivity contribution is 0.503. The van der Waals surface area contributed by atoms with Gasteiger partial charge in [0.2, 0.25) is 6.08 Å². The van der Waals surface area contributed by atoms with Gasteiger partial charge in [0.25, 0.3) is 6.26 Å². The first-order valence-corrected chi connectivity index (χ1v) is 10.6. The Kier molecular flexibility index (Phi) is 8.66. The molecule has 0 bridgehead atoms. The molecule has 0 aromatic heterocycles. The van der Waals surface area contributed by atoms with Crippen LogP contribution in [0, 0.1) is 32.3 Å². The van der Waals surface area contributed by atoms with Crippen LogP contribution in [-0.2, 0) is 4.79 Å². The molecule has 0 amide bonds. The van der Waals surface area contributed by atoms with Crippen LogP contribution in [0.15, 0.2) is 79.6 Å². The maximum absolute atomic E-state index is 10.5. The van der Waals surface area contributed by atoms with E-state index in [-0.39, 0.29) is 0 Å². The Morgan fingerprint density at radius 1 is 0.743 bits per heavy atom. The average molecular weight is 463 g/mol. The van der Waals surface area contributed by atoms with Gasteiger partial charge in [0.1, 0.15) is 5.75 Å². The van der Waals surface area contributed by atoms with Crippen LogP contribution in [0.5, 0.6) is 5.75 Å². The second-order valence-electron chi connectivity index (χ2n) is 7.30. The molecule has 0 spiro atoms. The van der Waals surface area contributed by atoms with Crippen molar-refractivity contribution in [2.45, 2.75) is 20.8 Å². The molecule has 0 saturated heterocycles. The number of hydrogen-bond donors (Lipinski definition) is 0. The van der Waals surface area contributed by atoms with E-state index < -0.39 is 0 Å². The number of rotatable bonds is 8. The summed E-state index contributed by atoms with van der Waals surface area (Å²) in [5.41, 5.74) is 5.95. The number of ether oxygens (including phenoxy) is 1. The molecule has 172 valence electrons. The number of carbonyl (C=O) groups excluding carboxylic acids is 1. The molecule has 0 radical (unpaired) electrons. The Morgan fingerprint density at radius 2 is 1.34 bits per heavy atom. The van der Waals surface area contributed by atoms with Gasteiger partial charge in [-0.3, -0.25) is 20.0 Å². The van der Waals surface area contributed by atoms with Gasteiger partial charge in [0, 0.05) is 36.0 Å². The number of nitrogens with zero attached hydrogens (tertiary/aromatic N) is 6. The Bertz CT molecular complexity index is 1420. The van der Waals surface area contributed by atoms with Gasteiger partial charge in [0.15, 0.2) is 0 Å². The van der Waals surface area contributed by atoms with Crippen molar-refractivity contribution in [2.24, 2.45) is 25.0 Å². The Hall–Kier alpha value is -4.99. The van der Waals surface area contributed by atoms with E-state index in [1.54, 1.807) is 61.5 Å². The summed E-state index contributed by atoms with van der Waals surface area (Å²) in [5.74, 6) is 0.473. The number of nitriles is 1. The van der Waals surface area contributed by atoms with Gasteiger partial charge in [-0.25, -0.2) is 4.79 Å². The van der Waals surface area contributed by atoms with Crippen LogP contribution in [0.3, 0.4) is 0 Å². The number of aryl methyl sites for hydroxylation is 1. The summed E-state index contributed by atoms with van der Waals surface area (Å²) in [6, 6.07) is 16.3. The van der Waals surface area contributed by atoms with E-state index in [1.165, 1.54) is 0 Å². The molecule has 0 aliphatic carbocycles. The minimum absolute atomic E-state index is 0.473. The standard InChI is InChI=1S/C27H22N6O2/c1-19-10-11-22(29-12-13-30-23-6-4-7-24(20(23)2)33-18-34)16-26(19)32-15-14-31-25-8-5-9-27(21(25)3)35-17-28/h4-16H,1-3H3. The predicted octanol–water partition coefficient (Wildman–Crippen LogP) is 6.65. The molecule has 0 N–H and O–H groups in total. The molecular weight excluding hydrogens is 440 g/mol. The Morgan fingerprint density at radius 3 is 2.03 bits per heavy atom. The number of isocyanates is 1. The molecule has 0 atom stereocenters. The molecule has 3 aromatic carbocycles. The zero-order chi connectivity index (χ0) is 25.0. The third-order valence-corrected chi connectivity index (χ3v) is 5.04. The number of hydrogen-bond acceptors (Lipinski definition) is 8.